The zero-order valence-corrected chi connectivity index (χ0v) is 9.19. The van der Waals surface area contributed by atoms with Gasteiger partial charge in [0.25, 0.3) is 0 Å². The first kappa shape index (κ1) is 11.8. The summed E-state index contributed by atoms with van der Waals surface area (Å²) in [5, 5.41) is 13.7. The van der Waals surface area contributed by atoms with Gasteiger partial charge in [-0.05, 0) is 25.5 Å². The average molecular weight is 240 g/mol. The van der Waals surface area contributed by atoms with E-state index in [-0.39, 0.29) is 6.04 Å². The van der Waals surface area contributed by atoms with Crippen LogP contribution in [0.2, 0.25) is 0 Å². The lowest BCUT2D eigenvalue weighted by atomic mass is 10.2. The Morgan fingerprint density at radius 3 is 3.00 bits per heavy atom. The average Bonchev–Trinajstić information content (AvgIpc) is 2.78. The fourth-order valence-electron chi connectivity index (χ4n) is 1.82. The van der Waals surface area contributed by atoms with Crippen LogP contribution in [-0.2, 0) is 0 Å². The number of nitro benzene ring substituents is 1. The monoisotopic (exact) mass is 240 g/mol. The van der Waals surface area contributed by atoms with Crippen LogP contribution in [0.25, 0.3) is 0 Å². The van der Waals surface area contributed by atoms with Crippen molar-refractivity contribution in [2.24, 2.45) is 0 Å². The number of benzene rings is 1. The van der Waals surface area contributed by atoms with Crippen LogP contribution >= 0.6 is 0 Å². The molecule has 92 valence electrons. The molecule has 0 saturated carbocycles. The third-order valence-electron chi connectivity index (χ3n) is 2.73. The van der Waals surface area contributed by atoms with Gasteiger partial charge in [-0.15, -0.1) is 0 Å². The molecule has 1 N–H and O–H groups in total. The summed E-state index contributed by atoms with van der Waals surface area (Å²) in [5.74, 6) is -0.548. The summed E-state index contributed by atoms with van der Waals surface area (Å²) < 4.78 is 18.6. The van der Waals surface area contributed by atoms with E-state index in [1.165, 1.54) is 6.07 Å². The molecule has 0 amide bonds. The molecular formula is C11H13FN2O3. The second kappa shape index (κ2) is 5.09. The van der Waals surface area contributed by atoms with Crippen molar-refractivity contribution >= 4 is 5.69 Å². The highest BCUT2D eigenvalue weighted by atomic mass is 19.1. The molecule has 1 saturated heterocycles. The first-order valence-corrected chi connectivity index (χ1v) is 5.47. The van der Waals surface area contributed by atoms with Gasteiger partial charge in [-0.1, -0.05) is 0 Å². The molecule has 1 fully saturated rings. The SMILES string of the molecule is O=[N+]([O-])c1ccc(OCC2CCCN2)cc1F. The normalized spacial score (nSPS) is 19.2. The number of hydrogen-bond donors (Lipinski definition) is 1. The Balaban J connectivity index is 1.97. The largest absolute Gasteiger partial charge is 0.492 e. The number of nitrogens with zero attached hydrogens (tertiary/aromatic N) is 1. The van der Waals surface area contributed by atoms with Crippen LogP contribution in [0.3, 0.4) is 0 Å². The van der Waals surface area contributed by atoms with Crippen LogP contribution in [0.4, 0.5) is 10.1 Å². The summed E-state index contributed by atoms with van der Waals surface area (Å²) in [6, 6.07) is 3.86. The van der Waals surface area contributed by atoms with E-state index in [0.29, 0.717) is 12.4 Å². The molecule has 1 heterocycles. The maximum Gasteiger partial charge on any atom is 0.305 e. The highest BCUT2D eigenvalue weighted by molar-refractivity contribution is 5.37. The zero-order valence-electron chi connectivity index (χ0n) is 9.19. The van der Waals surface area contributed by atoms with Crippen molar-refractivity contribution in [3.8, 4) is 5.75 Å². The molecule has 1 aliphatic heterocycles. The van der Waals surface area contributed by atoms with E-state index in [1.807, 2.05) is 0 Å². The maximum absolute atomic E-state index is 13.3. The van der Waals surface area contributed by atoms with E-state index >= 15 is 0 Å². The van der Waals surface area contributed by atoms with Gasteiger partial charge in [0, 0.05) is 18.2 Å². The molecule has 0 bridgehead atoms. The van der Waals surface area contributed by atoms with Gasteiger partial charge in [-0.3, -0.25) is 10.1 Å². The third kappa shape index (κ3) is 2.91. The van der Waals surface area contributed by atoms with Crippen LogP contribution in [0.15, 0.2) is 18.2 Å². The van der Waals surface area contributed by atoms with E-state index in [2.05, 4.69) is 5.32 Å². The Morgan fingerprint density at radius 2 is 2.41 bits per heavy atom. The van der Waals surface area contributed by atoms with Gasteiger partial charge in [0.1, 0.15) is 12.4 Å². The predicted molar refractivity (Wildman–Crippen MR) is 59.6 cm³/mol. The lowest BCUT2D eigenvalue weighted by Gasteiger charge is -2.11. The lowest BCUT2D eigenvalue weighted by Crippen LogP contribution is -2.28. The van der Waals surface area contributed by atoms with Gasteiger partial charge in [0.2, 0.25) is 5.82 Å². The molecule has 2 rings (SSSR count). The summed E-state index contributed by atoms with van der Waals surface area (Å²) in [7, 11) is 0. The number of ether oxygens (including phenoxy) is 1. The van der Waals surface area contributed by atoms with E-state index in [9.17, 15) is 14.5 Å². The van der Waals surface area contributed by atoms with Crippen molar-refractivity contribution in [3.05, 3.63) is 34.1 Å². The topological polar surface area (TPSA) is 64.4 Å². The van der Waals surface area contributed by atoms with Crippen molar-refractivity contribution in [3.63, 3.8) is 0 Å². The summed E-state index contributed by atoms with van der Waals surface area (Å²) in [5.41, 5.74) is -0.531. The van der Waals surface area contributed by atoms with Crippen molar-refractivity contribution < 1.29 is 14.1 Å². The van der Waals surface area contributed by atoms with E-state index in [1.54, 1.807) is 0 Å². The Morgan fingerprint density at radius 1 is 1.59 bits per heavy atom. The molecule has 1 aromatic rings. The maximum atomic E-state index is 13.3. The number of hydrogen-bond acceptors (Lipinski definition) is 4. The van der Waals surface area contributed by atoms with Gasteiger partial charge in [0.15, 0.2) is 0 Å². The quantitative estimate of drug-likeness (QED) is 0.644. The molecule has 6 heteroatoms. The number of nitro groups is 1. The van der Waals surface area contributed by atoms with Gasteiger partial charge in [-0.2, -0.15) is 4.39 Å². The first-order chi connectivity index (χ1) is 8.16. The molecular weight excluding hydrogens is 227 g/mol. The Hall–Kier alpha value is -1.69. The zero-order chi connectivity index (χ0) is 12.3. The lowest BCUT2D eigenvalue weighted by molar-refractivity contribution is -0.387. The molecule has 1 unspecified atom stereocenters. The second-order valence-electron chi connectivity index (χ2n) is 3.97. The van der Waals surface area contributed by atoms with Crippen molar-refractivity contribution in [1.82, 2.24) is 5.32 Å². The van der Waals surface area contributed by atoms with Crippen LogP contribution in [0, 0.1) is 15.9 Å². The Bertz CT molecular complexity index is 419. The standard InChI is InChI=1S/C11H13FN2O3/c12-10-6-9(3-4-11(10)14(15)16)17-7-8-2-1-5-13-8/h3-4,6,8,13H,1-2,5,7H2. The smallest absolute Gasteiger partial charge is 0.305 e. The van der Waals surface area contributed by atoms with Gasteiger partial charge in [0.05, 0.1) is 4.92 Å². The molecule has 0 aliphatic carbocycles. The number of nitrogens with one attached hydrogen (secondary N) is 1. The van der Waals surface area contributed by atoms with E-state index < -0.39 is 16.4 Å². The van der Waals surface area contributed by atoms with Crippen LogP contribution in [0.1, 0.15) is 12.8 Å². The highest BCUT2D eigenvalue weighted by Crippen LogP contribution is 2.22. The minimum absolute atomic E-state index is 0.285. The summed E-state index contributed by atoms with van der Waals surface area (Å²) in [4.78, 5) is 9.66. The Kier molecular flexibility index (Phi) is 3.53. The molecule has 0 aromatic heterocycles. The highest BCUT2D eigenvalue weighted by Gasteiger charge is 2.17. The summed E-state index contributed by atoms with van der Waals surface area (Å²) >= 11 is 0. The molecule has 0 radical (unpaired) electrons. The number of halogens is 1. The van der Waals surface area contributed by atoms with Crippen LogP contribution in [-0.4, -0.2) is 24.1 Å². The van der Waals surface area contributed by atoms with Gasteiger partial charge in [-0.25, -0.2) is 0 Å². The molecule has 1 aromatic carbocycles. The summed E-state index contributed by atoms with van der Waals surface area (Å²) in [6.45, 7) is 1.43. The van der Waals surface area contributed by atoms with Crippen LogP contribution in [0.5, 0.6) is 5.75 Å². The molecule has 17 heavy (non-hydrogen) atoms. The van der Waals surface area contributed by atoms with Crippen molar-refractivity contribution in [1.29, 1.82) is 0 Å². The second-order valence-corrected chi connectivity index (χ2v) is 3.97. The minimum atomic E-state index is -0.869. The fourth-order valence-corrected chi connectivity index (χ4v) is 1.82. The number of rotatable bonds is 4. The molecule has 5 nitrogen and oxygen atoms in total. The van der Waals surface area contributed by atoms with E-state index in [0.717, 1.165) is 31.5 Å². The molecule has 1 atom stereocenters. The Labute approximate surface area is 97.7 Å². The third-order valence-corrected chi connectivity index (χ3v) is 2.73. The van der Waals surface area contributed by atoms with E-state index in [4.69, 9.17) is 4.74 Å². The van der Waals surface area contributed by atoms with Crippen LogP contribution < -0.4 is 10.1 Å². The summed E-state index contributed by atoms with van der Waals surface area (Å²) in [6.07, 6.45) is 2.15. The fraction of sp³-hybridized carbons (Fsp3) is 0.455. The predicted octanol–water partition coefficient (Wildman–Crippen LogP) is 1.86. The minimum Gasteiger partial charge on any atom is -0.492 e. The van der Waals surface area contributed by atoms with Gasteiger partial charge < -0.3 is 10.1 Å². The van der Waals surface area contributed by atoms with Gasteiger partial charge >= 0.3 is 5.69 Å². The first-order valence-electron chi connectivity index (χ1n) is 5.47. The molecule has 1 aliphatic rings. The molecule has 0 spiro atoms. The van der Waals surface area contributed by atoms with Crippen molar-refractivity contribution in [2.75, 3.05) is 13.2 Å². The van der Waals surface area contributed by atoms with Crippen molar-refractivity contribution in [2.45, 2.75) is 18.9 Å².